The molecule has 3 rings (SSSR count). The fourth-order valence-corrected chi connectivity index (χ4v) is 3.33. The predicted molar refractivity (Wildman–Crippen MR) is 96.9 cm³/mol. The lowest BCUT2D eigenvalue weighted by atomic mass is 9.73. The summed E-state index contributed by atoms with van der Waals surface area (Å²) < 4.78 is 25.3. The second-order valence-electron chi connectivity index (χ2n) is 6.34. The van der Waals surface area contributed by atoms with Gasteiger partial charge in [-0.3, -0.25) is 4.79 Å². The standard InChI is InChI=1S/C20H23FN2O3/c1-3-26-18-9-8-17(14(2)22-18)23-19(24)20(10-12-25-13-11-20)15-6-4-5-7-16(15)21/h4-9H,3,10-13H2,1-2H3,(H,23,24). The molecule has 0 spiro atoms. The Balaban J connectivity index is 1.91. The average molecular weight is 358 g/mol. The maximum atomic E-state index is 14.5. The van der Waals surface area contributed by atoms with Gasteiger partial charge in [0.2, 0.25) is 11.8 Å². The van der Waals surface area contributed by atoms with Crippen molar-refractivity contribution >= 4 is 11.6 Å². The number of carbonyl (C=O) groups excluding carboxylic acids is 1. The Hall–Kier alpha value is -2.47. The Morgan fingerprint density at radius 1 is 1.27 bits per heavy atom. The summed E-state index contributed by atoms with van der Waals surface area (Å²) in [6, 6.07) is 9.94. The summed E-state index contributed by atoms with van der Waals surface area (Å²) in [5.41, 5.74) is 0.715. The van der Waals surface area contributed by atoms with Crippen LogP contribution in [0.1, 0.15) is 31.0 Å². The first-order valence-electron chi connectivity index (χ1n) is 8.81. The highest BCUT2D eigenvalue weighted by atomic mass is 19.1. The number of aryl methyl sites for hydroxylation is 1. The molecule has 0 atom stereocenters. The fraction of sp³-hybridized carbons (Fsp3) is 0.400. The Morgan fingerprint density at radius 3 is 2.65 bits per heavy atom. The van der Waals surface area contributed by atoms with Crippen molar-refractivity contribution in [2.45, 2.75) is 32.1 Å². The molecule has 0 aliphatic carbocycles. The zero-order valence-corrected chi connectivity index (χ0v) is 15.0. The SMILES string of the molecule is CCOc1ccc(NC(=O)C2(c3ccccc3F)CCOCC2)c(C)n1. The molecule has 1 aliphatic rings. The Morgan fingerprint density at radius 2 is 2.00 bits per heavy atom. The van der Waals surface area contributed by atoms with Gasteiger partial charge in [0, 0.05) is 24.8 Å². The van der Waals surface area contributed by atoms with Crippen molar-refractivity contribution < 1.29 is 18.7 Å². The summed E-state index contributed by atoms with van der Waals surface area (Å²) in [6.07, 6.45) is 0.868. The molecule has 1 amide bonds. The highest BCUT2D eigenvalue weighted by Gasteiger charge is 2.43. The van der Waals surface area contributed by atoms with Crippen LogP contribution >= 0.6 is 0 Å². The fourth-order valence-electron chi connectivity index (χ4n) is 3.33. The molecular weight excluding hydrogens is 335 g/mol. The number of hydrogen-bond donors (Lipinski definition) is 1. The summed E-state index contributed by atoms with van der Waals surface area (Å²) in [5.74, 6) is -0.0936. The topological polar surface area (TPSA) is 60.5 Å². The Bertz CT molecular complexity index is 788. The normalized spacial score (nSPS) is 16.1. The van der Waals surface area contributed by atoms with Gasteiger partial charge in [-0.05, 0) is 38.8 Å². The van der Waals surface area contributed by atoms with Crippen LogP contribution in [0.15, 0.2) is 36.4 Å². The van der Waals surface area contributed by atoms with Crippen LogP contribution in [0.3, 0.4) is 0 Å². The molecule has 1 fully saturated rings. The van der Waals surface area contributed by atoms with Crippen molar-refractivity contribution in [2.24, 2.45) is 0 Å². The van der Waals surface area contributed by atoms with Gasteiger partial charge >= 0.3 is 0 Å². The molecule has 5 nitrogen and oxygen atoms in total. The molecule has 0 bridgehead atoms. The first-order valence-corrected chi connectivity index (χ1v) is 8.81. The quantitative estimate of drug-likeness (QED) is 0.887. The molecule has 2 aromatic rings. The van der Waals surface area contributed by atoms with E-state index in [0.29, 0.717) is 55.5 Å². The summed E-state index contributed by atoms with van der Waals surface area (Å²) in [5, 5.41) is 2.94. The zero-order valence-electron chi connectivity index (χ0n) is 15.0. The number of hydrogen-bond acceptors (Lipinski definition) is 4. The molecular formula is C20H23FN2O3. The number of carbonyl (C=O) groups is 1. The van der Waals surface area contributed by atoms with E-state index in [1.807, 2.05) is 6.92 Å². The highest BCUT2D eigenvalue weighted by molar-refractivity contribution is 5.99. The molecule has 1 saturated heterocycles. The zero-order chi connectivity index (χ0) is 18.6. The minimum atomic E-state index is -0.950. The van der Waals surface area contributed by atoms with E-state index in [0.717, 1.165) is 0 Å². The number of ether oxygens (including phenoxy) is 2. The van der Waals surface area contributed by atoms with Crippen LogP contribution in [0.25, 0.3) is 0 Å². The largest absolute Gasteiger partial charge is 0.478 e. The lowest BCUT2D eigenvalue weighted by molar-refractivity contribution is -0.125. The molecule has 1 aromatic carbocycles. The summed E-state index contributed by atoms with van der Waals surface area (Å²) in [7, 11) is 0. The summed E-state index contributed by atoms with van der Waals surface area (Å²) >= 11 is 0. The molecule has 0 saturated carbocycles. The maximum Gasteiger partial charge on any atom is 0.235 e. The van der Waals surface area contributed by atoms with Crippen molar-refractivity contribution in [1.82, 2.24) is 4.98 Å². The van der Waals surface area contributed by atoms with Crippen LogP contribution in [-0.2, 0) is 14.9 Å². The van der Waals surface area contributed by atoms with Gasteiger partial charge in [-0.15, -0.1) is 0 Å². The molecule has 0 unspecified atom stereocenters. The third kappa shape index (κ3) is 3.55. The molecule has 0 radical (unpaired) electrons. The third-order valence-corrected chi connectivity index (χ3v) is 4.77. The molecule has 1 aliphatic heterocycles. The van der Waals surface area contributed by atoms with E-state index in [1.54, 1.807) is 37.3 Å². The Labute approximate surface area is 152 Å². The van der Waals surface area contributed by atoms with Gasteiger partial charge in [-0.25, -0.2) is 9.37 Å². The van der Waals surface area contributed by atoms with Crippen LogP contribution in [0.2, 0.25) is 0 Å². The third-order valence-electron chi connectivity index (χ3n) is 4.77. The van der Waals surface area contributed by atoms with Crippen LogP contribution in [0, 0.1) is 12.7 Å². The van der Waals surface area contributed by atoms with E-state index in [1.165, 1.54) is 6.07 Å². The van der Waals surface area contributed by atoms with Crippen molar-refractivity contribution in [1.29, 1.82) is 0 Å². The predicted octanol–water partition coefficient (Wildman–Crippen LogP) is 3.61. The highest BCUT2D eigenvalue weighted by Crippen LogP contribution is 2.37. The van der Waals surface area contributed by atoms with E-state index in [4.69, 9.17) is 9.47 Å². The maximum absolute atomic E-state index is 14.5. The second kappa shape index (κ2) is 7.83. The average Bonchev–Trinajstić information content (AvgIpc) is 2.65. The molecule has 2 heterocycles. The monoisotopic (exact) mass is 358 g/mol. The number of nitrogens with one attached hydrogen (secondary N) is 1. The van der Waals surface area contributed by atoms with Gasteiger partial charge in [-0.1, -0.05) is 18.2 Å². The number of benzene rings is 1. The smallest absolute Gasteiger partial charge is 0.235 e. The number of amides is 1. The van der Waals surface area contributed by atoms with Crippen molar-refractivity contribution in [3.8, 4) is 5.88 Å². The number of nitrogens with zero attached hydrogens (tertiary/aromatic N) is 1. The second-order valence-corrected chi connectivity index (χ2v) is 6.34. The van der Waals surface area contributed by atoms with E-state index in [-0.39, 0.29) is 11.7 Å². The Kier molecular flexibility index (Phi) is 5.52. The molecule has 26 heavy (non-hydrogen) atoms. The molecule has 1 aromatic heterocycles. The van der Waals surface area contributed by atoms with E-state index in [2.05, 4.69) is 10.3 Å². The summed E-state index contributed by atoms with van der Waals surface area (Å²) in [6.45, 7) is 5.05. The van der Waals surface area contributed by atoms with Crippen LogP contribution in [0.5, 0.6) is 5.88 Å². The number of rotatable bonds is 5. The lowest BCUT2D eigenvalue weighted by Gasteiger charge is -2.36. The van der Waals surface area contributed by atoms with Gasteiger partial charge in [0.1, 0.15) is 5.82 Å². The lowest BCUT2D eigenvalue weighted by Crippen LogP contribution is -2.45. The number of pyridine rings is 1. The van der Waals surface area contributed by atoms with Gasteiger partial charge in [0.05, 0.1) is 23.4 Å². The first kappa shape index (κ1) is 18.3. The van der Waals surface area contributed by atoms with Gasteiger partial charge < -0.3 is 14.8 Å². The van der Waals surface area contributed by atoms with Gasteiger partial charge in [-0.2, -0.15) is 0 Å². The van der Waals surface area contributed by atoms with Crippen LogP contribution in [0.4, 0.5) is 10.1 Å². The molecule has 138 valence electrons. The van der Waals surface area contributed by atoms with Crippen molar-refractivity contribution in [3.05, 3.63) is 53.5 Å². The molecule has 1 N–H and O–H groups in total. The van der Waals surface area contributed by atoms with Crippen molar-refractivity contribution in [3.63, 3.8) is 0 Å². The first-order chi connectivity index (χ1) is 12.6. The minimum absolute atomic E-state index is 0.236. The van der Waals surface area contributed by atoms with E-state index in [9.17, 15) is 9.18 Å². The number of aromatic nitrogens is 1. The van der Waals surface area contributed by atoms with Crippen molar-refractivity contribution in [2.75, 3.05) is 25.1 Å². The van der Waals surface area contributed by atoms with Crippen LogP contribution in [-0.4, -0.2) is 30.7 Å². The molecule has 6 heteroatoms. The number of anilines is 1. The number of halogens is 1. The minimum Gasteiger partial charge on any atom is -0.478 e. The van der Waals surface area contributed by atoms with Gasteiger partial charge in [0.15, 0.2) is 0 Å². The summed E-state index contributed by atoms with van der Waals surface area (Å²) in [4.78, 5) is 17.6. The van der Waals surface area contributed by atoms with Gasteiger partial charge in [0.25, 0.3) is 0 Å². The van der Waals surface area contributed by atoms with E-state index < -0.39 is 5.41 Å². The van der Waals surface area contributed by atoms with E-state index >= 15 is 0 Å². The van der Waals surface area contributed by atoms with Crippen LogP contribution < -0.4 is 10.1 Å².